The molecule has 11 heteroatoms. The number of carboxylic acids is 1. The van der Waals surface area contributed by atoms with Crippen LogP contribution in [-0.2, 0) is 35.3 Å². The van der Waals surface area contributed by atoms with Crippen LogP contribution >= 0.6 is 0 Å². The molecule has 3 aliphatic carbocycles. The van der Waals surface area contributed by atoms with Crippen molar-refractivity contribution >= 4 is 40.4 Å². The van der Waals surface area contributed by atoms with Crippen molar-refractivity contribution in [3.05, 3.63) is 48.0 Å². The first-order chi connectivity index (χ1) is 24.6. The maximum atomic E-state index is 14.8. The number of hydrogen-bond donors (Lipinski definition) is 4. The second-order valence-electron chi connectivity index (χ2n) is 15.3. The standard InChI is InChI=1S/C40H54N4O7/c1-3-30-22-40(30,39(49)50)43-36(46)33-21-31(51-24-29-19-12-18-26-13-10-11-20-32(26)29)23-44(33)38(48)35(28-16-8-5-9-17-28)42-37(47)34(41-25(2)45)27-14-6-4-7-15-27/h10-13,18-20,27-28,30-31,33-35H,3-9,14-17,21-24H2,1-2H3,(H,41,45)(H,42,47)(H,43,46)(H,49,50)/t30-,31+,33-,34?,35?,40+/m0/s1. The topological polar surface area (TPSA) is 154 Å². The van der Waals surface area contributed by atoms with Gasteiger partial charge in [0.2, 0.25) is 23.6 Å². The van der Waals surface area contributed by atoms with E-state index in [4.69, 9.17) is 4.74 Å². The number of likely N-dealkylation sites (tertiary alicyclic amines) is 1. The first kappa shape index (κ1) is 36.8. The molecule has 4 amide bonds. The minimum Gasteiger partial charge on any atom is -0.479 e. The number of amides is 4. The number of fused-ring (bicyclic) bond motifs is 1. The van der Waals surface area contributed by atoms with Crippen LogP contribution in [0.25, 0.3) is 10.8 Å². The van der Waals surface area contributed by atoms with Gasteiger partial charge in [-0.3, -0.25) is 19.2 Å². The zero-order chi connectivity index (χ0) is 36.1. The summed E-state index contributed by atoms with van der Waals surface area (Å²) in [7, 11) is 0. The summed E-state index contributed by atoms with van der Waals surface area (Å²) in [6, 6.07) is 11.5. The molecular weight excluding hydrogens is 648 g/mol. The van der Waals surface area contributed by atoms with Gasteiger partial charge >= 0.3 is 5.97 Å². The van der Waals surface area contributed by atoms with E-state index in [-0.39, 0.29) is 55.0 Å². The average molecular weight is 703 g/mol. The van der Waals surface area contributed by atoms with E-state index in [1.54, 1.807) is 0 Å². The lowest BCUT2D eigenvalue weighted by atomic mass is 9.81. The lowest BCUT2D eigenvalue weighted by Gasteiger charge is -2.36. The Morgan fingerprint density at radius 2 is 1.53 bits per heavy atom. The zero-order valence-corrected chi connectivity index (χ0v) is 30.0. The average Bonchev–Trinajstić information content (AvgIpc) is 3.70. The molecule has 276 valence electrons. The molecular formula is C40H54N4O7. The van der Waals surface area contributed by atoms with Gasteiger partial charge in [-0.1, -0.05) is 94.3 Å². The van der Waals surface area contributed by atoms with E-state index in [0.717, 1.165) is 80.5 Å². The summed E-state index contributed by atoms with van der Waals surface area (Å²) < 4.78 is 6.44. The Kier molecular flexibility index (Phi) is 11.6. The Labute approximate surface area is 300 Å². The molecule has 1 heterocycles. The van der Waals surface area contributed by atoms with Gasteiger partial charge < -0.3 is 30.7 Å². The maximum Gasteiger partial charge on any atom is 0.329 e. The highest BCUT2D eigenvalue weighted by Crippen LogP contribution is 2.46. The fourth-order valence-electron chi connectivity index (χ4n) is 8.98. The van der Waals surface area contributed by atoms with Gasteiger partial charge in [-0.05, 0) is 66.2 Å². The van der Waals surface area contributed by atoms with Crippen LogP contribution in [0, 0.1) is 17.8 Å². The van der Waals surface area contributed by atoms with Crippen molar-refractivity contribution in [3.63, 3.8) is 0 Å². The molecule has 1 aliphatic heterocycles. The van der Waals surface area contributed by atoms with Gasteiger partial charge in [0.1, 0.15) is 23.7 Å². The van der Waals surface area contributed by atoms with E-state index in [2.05, 4.69) is 16.0 Å². The molecule has 2 unspecified atom stereocenters. The molecule has 1 saturated heterocycles. The second kappa shape index (κ2) is 16.1. The fourth-order valence-corrected chi connectivity index (χ4v) is 8.98. The van der Waals surface area contributed by atoms with E-state index >= 15 is 0 Å². The minimum absolute atomic E-state index is 0.0146. The third-order valence-electron chi connectivity index (χ3n) is 12.0. The number of carbonyl (C=O) groups is 5. The number of nitrogens with one attached hydrogen (secondary N) is 3. The molecule has 11 nitrogen and oxygen atoms in total. The molecule has 0 bridgehead atoms. The van der Waals surface area contributed by atoms with Gasteiger partial charge in [0, 0.05) is 19.9 Å². The van der Waals surface area contributed by atoms with E-state index in [1.807, 2.05) is 49.4 Å². The lowest BCUT2D eigenvalue weighted by Crippen LogP contribution is -2.60. The van der Waals surface area contributed by atoms with Crippen LogP contribution in [0.3, 0.4) is 0 Å². The van der Waals surface area contributed by atoms with Crippen molar-refractivity contribution in [2.75, 3.05) is 6.54 Å². The number of carbonyl (C=O) groups excluding carboxylic acids is 4. The summed E-state index contributed by atoms with van der Waals surface area (Å²) in [4.78, 5) is 69.1. The summed E-state index contributed by atoms with van der Waals surface area (Å²) >= 11 is 0. The predicted molar refractivity (Wildman–Crippen MR) is 192 cm³/mol. The third kappa shape index (κ3) is 8.24. The second-order valence-corrected chi connectivity index (χ2v) is 15.3. The highest BCUT2D eigenvalue weighted by atomic mass is 16.5. The van der Waals surface area contributed by atoms with Crippen LogP contribution in [0.5, 0.6) is 0 Å². The highest BCUT2D eigenvalue weighted by Gasteiger charge is 2.61. The Bertz CT molecular complexity index is 1600. The number of benzene rings is 2. The van der Waals surface area contributed by atoms with Gasteiger partial charge in [-0.2, -0.15) is 0 Å². The summed E-state index contributed by atoms with van der Waals surface area (Å²) in [5.74, 6) is -2.91. The first-order valence-corrected chi connectivity index (χ1v) is 19.1. The molecule has 2 aromatic rings. The molecule has 0 radical (unpaired) electrons. The SMILES string of the molecule is CC[C@H]1C[C@]1(NC(=O)[C@@H]1C[C@@H](OCc2cccc3ccccc23)CN1C(=O)C(NC(=O)C(NC(C)=O)C1CCCCC1)C1CCCCC1)C(=O)O. The molecule has 6 rings (SSSR count). The monoisotopic (exact) mass is 702 g/mol. The van der Waals surface area contributed by atoms with Crippen molar-refractivity contribution in [1.82, 2.24) is 20.9 Å². The highest BCUT2D eigenvalue weighted by molar-refractivity contribution is 5.97. The van der Waals surface area contributed by atoms with Crippen LogP contribution < -0.4 is 16.0 Å². The maximum absolute atomic E-state index is 14.8. The molecule has 2 aromatic carbocycles. The molecule has 3 saturated carbocycles. The van der Waals surface area contributed by atoms with Crippen molar-refractivity contribution in [1.29, 1.82) is 0 Å². The van der Waals surface area contributed by atoms with Crippen LogP contribution in [0.15, 0.2) is 42.5 Å². The van der Waals surface area contributed by atoms with Gasteiger partial charge in [0.15, 0.2) is 0 Å². The predicted octanol–water partition coefficient (Wildman–Crippen LogP) is 4.85. The van der Waals surface area contributed by atoms with E-state index in [1.165, 1.54) is 11.8 Å². The number of rotatable bonds is 13. The smallest absolute Gasteiger partial charge is 0.329 e. The Morgan fingerprint density at radius 3 is 2.16 bits per heavy atom. The van der Waals surface area contributed by atoms with E-state index < -0.39 is 41.6 Å². The number of nitrogens with zero attached hydrogens (tertiary/aromatic N) is 1. The first-order valence-electron chi connectivity index (χ1n) is 19.1. The minimum atomic E-state index is -1.34. The number of aliphatic carboxylic acids is 1. The molecule has 51 heavy (non-hydrogen) atoms. The summed E-state index contributed by atoms with van der Waals surface area (Å²) in [5, 5.41) is 21.1. The summed E-state index contributed by atoms with van der Waals surface area (Å²) in [6.45, 7) is 3.73. The van der Waals surface area contributed by atoms with Crippen LogP contribution in [-0.4, -0.2) is 75.9 Å². The molecule has 6 atom stereocenters. The summed E-state index contributed by atoms with van der Waals surface area (Å²) in [5.41, 5.74) is -0.350. The molecule has 0 aromatic heterocycles. The number of hydrogen-bond acceptors (Lipinski definition) is 6. The summed E-state index contributed by atoms with van der Waals surface area (Å²) in [6.07, 6.45) is 9.85. The van der Waals surface area contributed by atoms with Gasteiger partial charge in [-0.15, -0.1) is 0 Å². The molecule has 4 aliphatic rings. The number of carboxylic acid groups (broad SMARTS) is 1. The van der Waals surface area contributed by atoms with E-state index in [0.29, 0.717) is 12.8 Å². The van der Waals surface area contributed by atoms with Crippen molar-refractivity contribution < 1.29 is 33.8 Å². The van der Waals surface area contributed by atoms with Crippen molar-refractivity contribution in [2.45, 2.75) is 134 Å². The Balaban J connectivity index is 1.26. The van der Waals surface area contributed by atoms with Crippen LogP contribution in [0.4, 0.5) is 0 Å². The largest absolute Gasteiger partial charge is 0.479 e. The molecule has 0 spiro atoms. The Hall–Kier alpha value is -3.99. The van der Waals surface area contributed by atoms with E-state index in [9.17, 15) is 29.1 Å². The lowest BCUT2D eigenvalue weighted by molar-refractivity contribution is -0.147. The zero-order valence-electron chi connectivity index (χ0n) is 30.0. The van der Waals surface area contributed by atoms with Crippen molar-refractivity contribution in [2.24, 2.45) is 17.8 Å². The van der Waals surface area contributed by atoms with Gasteiger partial charge in [0.25, 0.3) is 0 Å². The molecule has 4 N–H and O–H groups in total. The van der Waals surface area contributed by atoms with Crippen LogP contribution in [0.2, 0.25) is 0 Å². The Morgan fingerprint density at radius 1 is 0.882 bits per heavy atom. The van der Waals surface area contributed by atoms with Crippen molar-refractivity contribution in [3.8, 4) is 0 Å². The molecule has 4 fully saturated rings. The quantitative estimate of drug-likeness (QED) is 0.233. The third-order valence-corrected chi connectivity index (χ3v) is 12.0. The fraction of sp³-hybridized carbons (Fsp3) is 0.625. The van der Waals surface area contributed by atoms with Gasteiger partial charge in [-0.25, -0.2) is 4.79 Å². The van der Waals surface area contributed by atoms with Crippen LogP contribution in [0.1, 0.15) is 103 Å². The van der Waals surface area contributed by atoms with Gasteiger partial charge in [0.05, 0.1) is 12.7 Å². The normalized spacial score (nSPS) is 26.6. The number of ether oxygens (including phenoxy) is 1.